The number of nitrogens with one attached hydrogen (secondary N) is 1. The zero-order valence-electron chi connectivity index (χ0n) is 11.7. The average molecular weight is 285 g/mol. The van der Waals surface area contributed by atoms with Crippen molar-refractivity contribution in [2.24, 2.45) is 5.92 Å². The predicted molar refractivity (Wildman–Crippen MR) is 71.3 cm³/mol. The Balaban J connectivity index is 1.57. The molecule has 2 rings (SSSR count). The predicted octanol–water partition coefficient (Wildman–Crippen LogP) is 0.942. The summed E-state index contributed by atoms with van der Waals surface area (Å²) in [5.41, 5.74) is 0. The summed E-state index contributed by atoms with van der Waals surface area (Å²) in [5, 5.41) is 11.8. The van der Waals surface area contributed by atoms with Crippen LogP contribution in [0.3, 0.4) is 0 Å². The van der Waals surface area contributed by atoms with Crippen LogP contribution in [0.25, 0.3) is 0 Å². The lowest BCUT2D eigenvalue weighted by Gasteiger charge is -2.22. The SMILES string of the molecule is O=C(CCOC1CCOCC1)N[C@H]1CC[C@@H](C(=O)O)C1. The maximum Gasteiger partial charge on any atom is 0.306 e. The standard InChI is InChI=1S/C14H23NO5/c16-13(5-8-20-12-3-6-19-7-4-12)15-11-2-1-10(9-11)14(17)18/h10-12H,1-9H2,(H,15,16)(H,17,18)/t10-,11+/m1/s1. The summed E-state index contributed by atoms with van der Waals surface area (Å²) in [6.07, 6.45) is 4.28. The molecule has 0 unspecified atom stereocenters. The van der Waals surface area contributed by atoms with Crippen molar-refractivity contribution in [3.63, 3.8) is 0 Å². The molecule has 2 aliphatic rings. The number of rotatable bonds is 6. The Labute approximate surface area is 118 Å². The third kappa shape index (κ3) is 4.76. The third-order valence-corrected chi connectivity index (χ3v) is 4.00. The van der Waals surface area contributed by atoms with E-state index in [2.05, 4.69) is 5.32 Å². The maximum absolute atomic E-state index is 11.8. The highest BCUT2D eigenvalue weighted by Crippen LogP contribution is 2.25. The maximum atomic E-state index is 11.8. The number of carbonyl (C=O) groups is 2. The topological polar surface area (TPSA) is 84.9 Å². The van der Waals surface area contributed by atoms with E-state index in [0.717, 1.165) is 32.5 Å². The first kappa shape index (κ1) is 15.3. The van der Waals surface area contributed by atoms with Gasteiger partial charge >= 0.3 is 5.97 Å². The van der Waals surface area contributed by atoms with Crippen LogP contribution in [0, 0.1) is 5.92 Å². The fraction of sp³-hybridized carbons (Fsp3) is 0.857. The largest absolute Gasteiger partial charge is 0.481 e. The van der Waals surface area contributed by atoms with Crippen LogP contribution < -0.4 is 5.32 Å². The summed E-state index contributed by atoms with van der Waals surface area (Å²) in [4.78, 5) is 22.6. The fourth-order valence-electron chi connectivity index (χ4n) is 2.80. The van der Waals surface area contributed by atoms with Gasteiger partial charge in [-0.1, -0.05) is 0 Å². The third-order valence-electron chi connectivity index (χ3n) is 4.00. The summed E-state index contributed by atoms with van der Waals surface area (Å²) in [7, 11) is 0. The lowest BCUT2D eigenvalue weighted by atomic mass is 10.1. The van der Waals surface area contributed by atoms with Gasteiger partial charge < -0.3 is 19.9 Å². The number of carboxylic acids is 1. The molecule has 114 valence electrons. The van der Waals surface area contributed by atoms with Gasteiger partial charge in [0.15, 0.2) is 0 Å². The number of amides is 1. The van der Waals surface area contributed by atoms with Crippen LogP contribution >= 0.6 is 0 Å². The van der Waals surface area contributed by atoms with Gasteiger partial charge in [-0.15, -0.1) is 0 Å². The Morgan fingerprint density at radius 2 is 1.95 bits per heavy atom. The molecule has 1 aliphatic carbocycles. The molecule has 0 aromatic rings. The molecule has 1 amide bonds. The Morgan fingerprint density at radius 3 is 2.60 bits per heavy atom. The molecule has 1 saturated heterocycles. The van der Waals surface area contributed by atoms with Gasteiger partial charge in [0.05, 0.1) is 18.6 Å². The first-order valence-corrected chi connectivity index (χ1v) is 7.36. The molecule has 1 saturated carbocycles. The first-order chi connectivity index (χ1) is 9.65. The van der Waals surface area contributed by atoms with Crippen molar-refractivity contribution in [2.75, 3.05) is 19.8 Å². The number of ether oxygens (including phenoxy) is 2. The van der Waals surface area contributed by atoms with Crippen molar-refractivity contribution < 1.29 is 24.2 Å². The van der Waals surface area contributed by atoms with Crippen LogP contribution in [-0.4, -0.2) is 48.9 Å². The molecule has 2 fully saturated rings. The van der Waals surface area contributed by atoms with Crippen molar-refractivity contribution in [3.8, 4) is 0 Å². The van der Waals surface area contributed by atoms with Crippen LogP contribution in [0.4, 0.5) is 0 Å². The molecule has 2 atom stereocenters. The van der Waals surface area contributed by atoms with Gasteiger partial charge in [0, 0.05) is 25.7 Å². The summed E-state index contributed by atoms with van der Waals surface area (Å²) in [6.45, 7) is 1.89. The molecule has 2 N–H and O–H groups in total. The van der Waals surface area contributed by atoms with Crippen LogP contribution in [-0.2, 0) is 19.1 Å². The van der Waals surface area contributed by atoms with E-state index in [1.54, 1.807) is 0 Å². The second-order valence-corrected chi connectivity index (χ2v) is 5.55. The zero-order valence-corrected chi connectivity index (χ0v) is 11.7. The summed E-state index contributed by atoms with van der Waals surface area (Å²) in [5.74, 6) is -1.11. The van der Waals surface area contributed by atoms with E-state index in [1.807, 2.05) is 0 Å². The second-order valence-electron chi connectivity index (χ2n) is 5.55. The Morgan fingerprint density at radius 1 is 1.20 bits per heavy atom. The minimum atomic E-state index is -0.760. The zero-order chi connectivity index (χ0) is 14.4. The highest BCUT2D eigenvalue weighted by atomic mass is 16.5. The van der Waals surface area contributed by atoms with Gasteiger partial charge in [0.25, 0.3) is 0 Å². The number of hydrogen-bond donors (Lipinski definition) is 2. The Bertz CT molecular complexity index is 340. The summed E-state index contributed by atoms with van der Waals surface area (Å²) < 4.78 is 10.9. The van der Waals surface area contributed by atoms with E-state index in [0.29, 0.717) is 25.9 Å². The highest BCUT2D eigenvalue weighted by molar-refractivity contribution is 5.76. The second kappa shape index (κ2) is 7.59. The average Bonchev–Trinajstić information content (AvgIpc) is 2.88. The number of hydrogen-bond acceptors (Lipinski definition) is 4. The van der Waals surface area contributed by atoms with Gasteiger partial charge in [-0.2, -0.15) is 0 Å². The Kier molecular flexibility index (Phi) is 5.79. The van der Waals surface area contributed by atoms with Gasteiger partial charge in [-0.3, -0.25) is 9.59 Å². The molecule has 1 heterocycles. The minimum absolute atomic E-state index is 0.00619. The van der Waals surface area contributed by atoms with Gasteiger partial charge in [-0.25, -0.2) is 0 Å². The van der Waals surface area contributed by atoms with Crippen molar-refractivity contribution >= 4 is 11.9 Å². The Hall–Kier alpha value is -1.14. The van der Waals surface area contributed by atoms with E-state index in [4.69, 9.17) is 14.6 Å². The molecule has 6 heteroatoms. The van der Waals surface area contributed by atoms with Crippen molar-refractivity contribution in [1.29, 1.82) is 0 Å². The van der Waals surface area contributed by atoms with Crippen LogP contribution in [0.2, 0.25) is 0 Å². The van der Waals surface area contributed by atoms with Crippen LogP contribution in [0.15, 0.2) is 0 Å². The van der Waals surface area contributed by atoms with Crippen LogP contribution in [0.5, 0.6) is 0 Å². The summed E-state index contributed by atoms with van der Waals surface area (Å²) >= 11 is 0. The molecule has 6 nitrogen and oxygen atoms in total. The summed E-state index contributed by atoms with van der Waals surface area (Å²) in [6, 6.07) is 0.00619. The molecular weight excluding hydrogens is 262 g/mol. The number of aliphatic carboxylic acids is 1. The molecular formula is C14H23NO5. The van der Waals surface area contributed by atoms with Gasteiger partial charge in [-0.05, 0) is 32.1 Å². The number of carboxylic acid groups (broad SMARTS) is 1. The minimum Gasteiger partial charge on any atom is -0.481 e. The first-order valence-electron chi connectivity index (χ1n) is 7.36. The van der Waals surface area contributed by atoms with E-state index in [9.17, 15) is 9.59 Å². The monoisotopic (exact) mass is 285 g/mol. The molecule has 0 radical (unpaired) electrons. The van der Waals surface area contributed by atoms with E-state index >= 15 is 0 Å². The molecule has 0 aromatic heterocycles. The number of carbonyl (C=O) groups excluding carboxylic acids is 1. The van der Waals surface area contributed by atoms with E-state index in [1.165, 1.54) is 0 Å². The smallest absolute Gasteiger partial charge is 0.306 e. The lowest BCUT2D eigenvalue weighted by Crippen LogP contribution is -2.34. The van der Waals surface area contributed by atoms with Crippen LogP contribution in [0.1, 0.15) is 38.5 Å². The quantitative estimate of drug-likeness (QED) is 0.758. The molecule has 0 spiro atoms. The van der Waals surface area contributed by atoms with Gasteiger partial charge in [0.1, 0.15) is 0 Å². The van der Waals surface area contributed by atoms with Crippen molar-refractivity contribution in [2.45, 2.75) is 50.7 Å². The molecule has 20 heavy (non-hydrogen) atoms. The van der Waals surface area contributed by atoms with E-state index in [-0.39, 0.29) is 24.0 Å². The van der Waals surface area contributed by atoms with Crippen molar-refractivity contribution in [1.82, 2.24) is 5.32 Å². The lowest BCUT2D eigenvalue weighted by molar-refractivity contribution is -0.141. The normalized spacial score (nSPS) is 27.4. The van der Waals surface area contributed by atoms with E-state index < -0.39 is 5.97 Å². The highest BCUT2D eigenvalue weighted by Gasteiger charge is 2.30. The molecule has 0 bridgehead atoms. The molecule has 0 aromatic carbocycles. The van der Waals surface area contributed by atoms with Gasteiger partial charge in [0.2, 0.25) is 5.91 Å². The fourth-order valence-corrected chi connectivity index (χ4v) is 2.80. The van der Waals surface area contributed by atoms with Crippen molar-refractivity contribution in [3.05, 3.63) is 0 Å². The molecule has 1 aliphatic heterocycles.